The minimum absolute atomic E-state index is 0.0778. The van der Waals surface area contributed by atoms with Gasteiger partial charge in [0.2, 0.25) is 0 Å². The Morgan fingerprint density at radius 2 is 1.95 bits per heavy atom. The molecule has 2 aromatic carbocycles. The van der Waals surface area contributed by atoms with E-state index in [9.17, 15) is 4.39 Å². The van der Waals surface area contributed by atoms with E-state index in [0.29, 0.717) is 0 Å². The van der Waals surface area contributed by atoms with E-state index in [2.05, 4.69) is 12.2 Å². The number of nitrogens with one attached hydrogen (secondary N) is 1. The van der Waals surface area contributed by atoms with Gasteiger partial charge in [0.1, 0.15) is 5.82 Å². The molecule has 0 heterocycles. The van der Waals surface area contributed by atoms with E-state index in [-0.39, 0.29) is 17.9 Å². The highest BCUT2D eigenvalue weighted by Crippen LogP contribution is 2.34. The first-order valence-corrected chi connectivity index (χ1v) is 7.32. The van der Waals surface area contributed by atoms with Crippen LogP contribution in [0, 0.1) is 5.82 Å². The van der Waals surface area contributed by atoms with Crippen molar-refractivity contribution in [3.05, 3.63) is 70.0 Å². The number of benzene rings is 2. The molecule has 2 aromatic rings. The Kier molecular flexibility index (Phi) is 3.77. The van der Waals surface area contributed by atoms with Gasteiger partial charge in [-0.25, -0.2) is 4.39 Å². The highest BCUT2D eigenvalue weighted by molar-refractivity contribution is 6.30. The van der Waals surface area contributed by atoms with Gasteiger partial charge in [-0.2, -0.15) is 0 Å². The monoisotopic (exact) mass is 289 g/mol. The largest absolute Gasteiger partial charge is 0.303 e. The highest BCUT2D eigenvalue weighted by atomic mass is 35.5. The maximum absolute atomic E-state index is 13.7. The van der Waals surface area contributed by atoms with Gasteiger partial charge >= 0.3 is 0 Å². The summed E-state index contributed by atoms with van der Waals surface area (Å²) in [5, 5.41) is 4.33. The Morgan fingerprint density at radius 3 is 2.70 bits per heavy atom. The first-order valence-electron chi connectivity index (χ1n) is 6.94. The molecule has 3 rings (SSSR count). The number of halogens is 2. The molecule has 0 saturated heterocycles. The second-order valence-corrected chi connectivity index (χ2v) is 5.78. The van der Waals surface area contributed by atoms with Crippen LogP contribution in [0.5, 0.6) is 0 Å². The summed E-state index contributed by atoms with van der Waals surface area (Å²) >= 11 is 5.91. The minimum atomic E-state index is -0.0778. The maximum atomic E-state index is 13.7. The van der Waals surface area contributed by atoms with E-state index in [1.165, 1.54) is 5.56 Å². The van der Waals surface area contributed by atoms with Crippen molar-refractivity contribution in [1.82, 2.24) is 5.32 Å². The van der Waals surface area contributed by atoms with Crippen molar-refractivity contribution in [3.63, 3.8) is 0 Å². The molecule has 1 aliphatic rings. The average Bonchev–Trinajstić information content (AvgIpc) is 2.84. The number of fused-ring (bicyclic) bond motifs is 1. The second kappa shape index (κ2) is 5.55. The Bertz CT molecular complexity index is 609. The van der Waals surface area contributed by atoms with Gasteiger partial charge in [-0.15, -0.1) is 0 Å². The van der Waals surface area contributed by atoms with E-state index in [1.807, 2.05) is 30.3 Å². The van der Waals surface area contributed by atoms with E-state index >= 15 is 0 Å². The van der Waals surface area contributed by atoms with Gasteiger partial charge in [0, 0.05) is 17.1 Å². The Balaban J connectivity index is 1.77. The van der Waals surface area contributed by atoms with Crippen LogP contribution in [-0.4, -0.2) is 0 Å². The summed E-state index contributed by atoms with van der Waals surface area (Å²) in [4.78, 5) is 0. The highest BCUT2D eigenvalue weighted by Gasteiger charge is 2.25. The maximum Gasteiger partial charge on any atom is 0.126 e. The van der Waals surface area contributed by atoms with E-state index < -0.39 is 0 Å². The standard InChI is InChI=1S/C17H17ClFN/c1-11(12-5-7-13(18)8-6-12)20-17-10-9-14-15(17)3-2-4-16(14)19/h2-8,11,17,20H,9-10H2,1H3/t11-,17?/m1/s1. The Hall–Kier alpha value is -1.38. The fourth-order valence-corrected chi connectivity index (χ4v) is 3.06. The zero-order valence-electron chi connectivity index (χ0n) is 11.4. The first-order chi connectivity index (χ1) is 9.65. The summed E-state index contributed by atoms with van der Waals surface area (Å²) in [7, 11) is 0. The van der Waals surface area contributed by atoms with Crippen molar-refractivity contribution >= 4 is 11.6 Å². The van der Waals surface area contributed by atoms with Crippen molar-refractivity contribution in [2.45, 2.75) is 31.8 Å². The Labute approximate surface area is 123 Å². The van der Waals surface area contributed by atoms with Gasteiger partial charge in [0.15, 0.2) is 0 Å². The van der Waals surface area contributed by atoms with Crippen LogP contribution in [-0.2, 0) is 6.42 Å². The van der Waals surface area contributed by atoms with Crippen molar-refractivity contribution in [2.24, 2.45) is 0 Å². The lowest BCUT2D eigenvalue weighted by molar-refractivity contribution is 0.465. The molecule has 0 amide bonds. The average molecular weight is 290 g/mol. The molecule has 2 atom stereocenters. The fourth-order valence-electron chi connectivity index (χ4n) is 2.93. The van der Waals surface area contributed by atoms with Crippen LogP contribution in [0.25, 0.3) is 0 Å². The number of rotatable bonds is 3. The molecule has 3 heteroatoms. The van der Waals surface area contributed by atoms with Gasteiger partial charge in [0.25, 0.3) is 0 Å². The zero-order chi connectivity index (χ0) is 14.1. The summed E-state index contributed by atoms with van der Waals surface area (Å²) in [6, 6.07) is 13.7. The molecule has 0 bridgehead atoms. The molecule has 1 aliphatic carbocycles. The molecular formula is C17H17ClFN. The summed E-state index contributed by atoms with van der Waals surface area (Å²) in [5.41, 5.74) is 3.17. The summed E-state index contributed by atoms with van der Waals surface area (Å²) in [6.07, 6.45) is 1.77. The van der Waals surface area contributed by atoms with Crippen LogP contribution in [0.15, 0.2) is 42.5 Å². The molecule has 0 radical (unpaired) electrons. The third kappa shape index (κ3) is 2.58. The van der Waals surface area contributed by atoms with Crippen LogP contribution in [0.1, 0.15) is 42.1 Å². The third-order valence-corrected chi connectivity index (χ3v) is 4.29. The van der Waals surface area contributed by atoms with Crippen LogP contribution < -0.4 is 5.32 Å². The molecule has 0 spiro atoms. The molecule has 0 saturated carbocycles. The van der Waals surface area contributed by atoms with Gasteiger partial charge in [-0.05, 0) is 54.7 Å². The lowest BCUT2D eigenvalue weighted by Crippen LogP contribution is -2.23. The topological polar surface area (TPSA) is 12.0 Å². The number of hydrogen-bond donors (Lipinski definition) is 1. The van der Waals surface area contributed by atoms with Crippen molar-refractivity contribution in [3.8, 4) is 0 Å². The molecule has 0 fully saturated rings. The second-order valence-electron chi connectivity index (χ2n) is 5.34. The zero-order valence-corrected chi connectivity index (χ0v) is 12.1. The van der Waals surface area contributed by atoms with E-state index in [1.54, 1.807) is 12.1 Å². The van der Waals surface area contributed by atoms with Crippen LogP contribution in [0.2, 0.25) is 5.02 Å². The molecule has 1 N–H and O–H groups in total. The number of hydrogen-bond acceptors (Lipinski definition) is 1. The van der Waals surface area contributed by atoms with Gasteiger partial charge in [-0.3, -0.25) is 0 Å². The molecular weight excluding hydrogens is 273 g/mol. The van der Waals surface area contributed by atoms with Crippen LogP contribution in [0.4, 0.5) is 4.39 Å². The molecule has 20 heavy (non-hydrogen) atoms. The molecule has 0 aliphatic heterocycles. The lowest BCUT2D eigenvalue weighted by Gasteiger charge is -2.21. The summed E-state index contributed by atoms with van der Waals surface area (Å²) < 4.78 is 13.7. The molecule has 104 valence electrons. The van der Waals surface area contributed by atoms with Gasteiger partial charge in [-0.1, -0.05) is 35.9 Å². The quantitative estimate of drug-likeness (QED) is 0.854. The predicted octanol–water partition coefficient (Wildman–Crippen LogP) is 4.82. The Morgan fingerprint density at radius 1 is 1.20 bits per heavy atom. The van der Waals surface area contributed by atoms with Crippen LogP contribution in [0.3, 0.4) is 0 Å². The molecule has 1 unspecified atom stereocenters. The van der Waals surface area contributed by atoms with E-state index in [4.69, 9.17) is 11.6 Å². The third-order valence-electron chi connectivity index (χ3n) is 4.03. The van der Waals surface area contributed by atoms with Crippen molar-refractivity contribution in [1.29, 1.82) is 0 Å². The summed E-state index contributed by atoms with van der Waals surface area (Å²) in [6.45, 7) is 2.13. The van der Waals surface area contributed by atoms with Crippen molar-refractivity contribution < 1.29 is 4.39 Å². The normalized spacial score (nSPS) is 18.9. The molecule has 0 aromatic heterocycles. The molecule has 1 nitrogen and oxygen atoms in total. The SMILES string of the molecule is C[C@@H](NC1CCc2c(F)cccc21)c1ccc(Cl)cc1. The van der Waals surface area contributed by atoms with Crippen molar-refractivity contribution in [2.75, 3.05) is 0 Å². The van der Waals surface area contributed by atoms with Gasteiger partial charge < -0.3 is 5.32 Å². The fraction of sp³-hybridized carbons (Fsp3) is 0.294. The van der Waals surface area contributed by atoms with Gasteiger partial charge in [0.05, 0.1) is 0 Å². The lowest BCUT2D eigenvalue weighted by atomic mass is 10.0. The predicted molar refractivity (Wildman–Crippen MR) is 80.5 cm³/mol. The van der Waals surface area contributed by atoms with Crippen LogP contribution >= 0.6 is 11.6 Å². The summed E-state index contributed by atoms with van der Waals surface area (Å²) in [5.74, 6) is -0.0778. The smallest absolute Gasteiger partial charge is 0.126 e. The van der Waals surface area contributed by atoms with E-state index in [0.717, 1.165) is 29.0 Å². The minimum Gasteiger partial charge on any atom is -0.303 e. The first kappa shape index (κ1) is 13.6.